The number of nitrogen functional groups attached to an aromatic ring is 1. The van der Waals surface area contributed by atoms with E-state index in [0.29, 0.717) is 0 Å². The van der Waals surface area contributed by atoms with Gasteiger partial charge in [-0.05, 0) is 63.2 Å². The van der Waals surface area contributed by atoms with E-state index in [2.05, 4.69) is 109 Å². The molecule has 31 heavy (non-hydrogen) atoms. The maximum absolute atomic E-state index is 6.57. The van der Waals surface area contributed by atoms with Gasteiger partial charge >= 0.3 is 0 Å². The van der Waals surface area contributed by atoms with Crippen molar-refractivity contribution in [2.24, 2.45) is 0 Å². The number of benzene rings is 5. The number of hydrogen-bond acceptors (Lipinski definition) is 1. The van der Waals surface area contributed by atoms with Crippen molar-refractivity contribution in [1.82, 2.24) is 0 Å². The van der Waals surface area contributed by atoms with Gasteiger partial charge in [-0.2, -0.15) is 0 Å². The Kier molecular flexibility index (Phi) is 5.08. The summed E-state index contributed by atoms with van der Waals surface area (Å²) in [5.74, 6) is 0. The summed E-state index contributed by atoms with van der Waals surface area (Å²) in [4.78, 5) is 0. The number of hydrogen-bond donors (Lipinski definition) is 1. The smallest absolute Gasteiger partial charge is 0.0399 e. The minimum absolute atomic E-state index is 0.783. The molecule has 0 atom stereocenters. The molecule has 148 valence electrons. The van der Waals surface area contributed by atoms with Crippen LogP contribution in [0.5, 0.6) is 0 Å². The lowest BCUT2D eigenvalue weighted by molar-refractivity contribution is 1.55. The van der Waals surface area contributed by atoms with E-state index in [1.807, 2.05) is 18.2 Å². The molecule has 0 spiro atoms. The van der Waals surface area contributed by atoms with Crippen molar-refractivity contribution in [3.05, 3.63) is 127 Å². The molecule has 0 amide bonds. The highest BCUT2D eigenvalue weighted by molar-refractivity contribution is 5.87. The van der Waals surface area contributed by atoms with Crippen LogP contribution < -0.4 is 5.73 Å². The van der Waals surface area contributed by atoms with Crippen LogP contribution in [0, 0.1) is 0 Å². The first-order valence-corrected chi connectivity index (χ1v) is 10.5. The number of anilines is 1. The first-order valence-electron chi connectivity index (χ1n) is 10.5. The van der Waals surface area contributed by atoms with E-state index < -0.39 is 0 Å². The Morgan fingerprint density at radius 1 is 0.323 bits per heavy atom. The molecule has 0 radical (unpaired) electrons. The largest absolute Gasteiger partial charge is 0.398 e. The first kappa shape index (κ1) is 18.9. The van der Waals surface area contributed by atoms with E-state index in [4.69, 9.17) is 5.73 Å². The van der Waals surface area contributed by atoms with Crippen LogP contribution in [0.2, 0.25) is 0 Å². The van der Waals surface area contributed by atoms with E-state index in [9.17, 15) is 0 Å². The monoisotopic (exact) mass is 397 g/mol. The van der Waals surface area contributed by atoms with Gasteiger partial charge in [0.1, 0.15) is 0 Å². The minimum Gasteiger partial charge on any atom is -0.398 e. The molecule has 5 aromatic rings. The van der Waals surface area contributed by atoms with Crippen molar-refractivity contribution < 1.29 is 0 Å². The highest BCUT2D eigenvalue weighted by Crippen LogP contribution is 2.36. The lowest BCUT2D eigenvalue weighted by Crippen LogP contribution is -1.93. The average Bonchev–Trinajstić information content (AvgIpc) is 2.85. The molecule has 0 saturated carbocycles. The molecule has 0 fully saturated rings. The Bertz CT molecular complexity index is 1250. The molecular formula is C30H23N. The van der Waals surface area contributed by atoms with Crippen molar-refractivity contribution in [3.8, 4) is 44.5 Å². The van der Waals surface area contributed by atoms with Crippen LogP contribution in [0.15, 0.2) is 127 Å². The predicted molar refractivity (Wildman–Crippen MR) is 133 cm³/mol. The maximum Gasteiger partial charge on any atom is 0.0399 e. The van der Waals surface area contributed by atoms with Crippen LogP contribution in [-0.4, -0.2) is 0 Å². The quantitative estimate of drug-likeness (QED) is 0.306. The molecule has 0 aromatic heterocycles. The third-order valence-electron chi connectivity index (χ3n) is 5.62. The Morgan fingerprint density at radius 3 is 1.19 bits per heavy atom. The van der Waals surface area contributed by atoms with Gasteiger partial charge in [-0.25, -0.2) is 0 Å². The summed E-state index contributed by atoms with van der Waals surface area (Å²) in [5, 5.41) is 0. The van der Waals surface area contributed by atoms with E-state index in [1.54, 1.807) is 0 Å². The van der Waals surface area contributed by atoms with Crippen LogP contribution in [-0.2, 0) is 0 Å². The fraction of sp³-hybridized carbons (Fsp3) is 0. The third kappa shape index (κ3) is 3.99. The van der Waals surface area contributed by atoms with Gasteiger partial charge in [0.05, 0.1) is 0 Å². The standard InChI is InChI=1S/C30H23N/c31-30-21-25(22-10-4-1-5-11-22)16-17-29(30)28-19-26(23-12-6-2-7-13-23)18-27(20-28)24-14-8-3-9-15-24/h1-21H,31H2. The molecule has 2 N–H and O–H groups in total. The Hall–Kier alpha value is -4.10. The third-order valence-corrected chi connectivity index (χ3v) is 5.62. The van der Waals surface area contributed by atoms with Crippen molar-refractivity contribution in [2.45, 2.75) is 0 Å². The summed E-state index contributed by atoms with van der Waals surface area (Å²) in [6, 6.07) is 44.4. The average molecular weight is 398 g/mol. The summed E-state index contributed by atoms with van der Waals surface area (Å²) in [7, 11) is 0. The summed E-state index contributed by atoms with van der Waals surface area (Å²) in [6.07, 6.45) is 0. The Balaban J connectivity index is 1.65. The lowest BCUT2D eigenvalue weighted by Gasteiger charge is -2.14. The molecule has 5 rings (SSSR count). The molecule has 5 aromatic carbocycles. The van der Waals surface area contributed by atoms with Gasteiger partial charge in [-0.1, -0.05) is 103 Å². The van der Waals surface area contributed by atoms with E-state index in [1.165, 1.54) is 27.8 Å². The van der Waals surface area contributed by atoms with Crippen LogP contribution >= 0.6 is 0 Å². The second-order valence-electron chi connectivity index (χ2n) is 7.70. The highest BCUT2D eigenvalue weighted by Gasteiger charge is 2.10. The summed E-state index contributed by atoms with van der Waals surface area (Å²) in [6.45, 7) is 0. The first-order chi connectivity index (χ1) is 15.3. The second-order valence-corrected chi connectivity index (χ2v) is 7.70. The maximum atomic E-state index is 6.57. The van der Waals surface area contributed by atoms with Crippen LogP contribution in [0.3, 0.4) is 0 Å². The van der Waals surface area contributed by atoms with Crippen molar-refractivity contribution >= 4 is 5.69 Å². The zero-order valence-corrected chi connectivity index (χ0v) is 17.2. The molecule has 0 bridgehead atoms. The summed E-state index contributed by atoms with van der Waals surface area (Å²) in [5.41, 5.74) is 16.6. The molecule has 0 aliphatic rings. The van der Waals surface area contributed by atoms with Gasteiger partial charge in [0, 0.05) is 11.3 Å². The van der Waals surface area contributed by atoms with Gasteiger partial charge in [0.2, 0.25) is 0 Å². The van der Waals surface area contributed by atoms with Crippen molar-refractivity contribution in [1.29, 1.82) is 0 Å². The van der Waals surface area contributed by atoms with Crippen molar-refractivity contribution in [2.75, 3.05) is 5.73 Å². The molecule has 1 heteroatoms. The fourth-order valence-electron chi connectivity index (χ4n) is 4.01. The van der Waals surface area contributed by atoms with Gasteiger partial charge in [0.25, 0.3) is 0 Å². The van der Waals surface area contributed by atoms with Gasteiger partial charge < -0.3 is 5.73 Å². The van der Waals surface area contributed by atoms with Gasteiger partial charge in [0.15, 0.2) is 0 Å². The molecule has 1 nitrogen and oxygen atoms in total. The zero-order valence-electron chi connectivity index (χ0n) is 17.2. The molecule has 0 unspecified atom stereocenters. The Morgan fingerprint density at radius 2 is 0.742 bits per heavy atom. The van der Waals surface area contributed by atoms with Crippen LogP contribution in [0.25, 0.3) is 44.5 Å². The normalized spacial score (nSPS) is 10.7. The van der Waals surface area contributed by atoms with Crippen molar-refractivity contribution in [3.63, 3.8) is 0 Å². The Labute approximate surface area is 183 Å². The molecular weight excluding hydrogens is 374 g/mol. The van der Waals surface area contributed by atoms with E-state index >= 15 is 0 Å². The SMILES string of the molecule is Nc1cc(-c2ccccc2)ccc1-c1cc(-c2ccccc2)cc(-c2ccccc2)c1. The highest BCUT2D eigenvalue weighted by atomic mass is 14.6. The number of nitrogens with two attached hydrogens (primary N) is 1. The second kappa shape index (κ2) is 8.33. The van der Waals surface area contributed by atoms with Gasteiger partial charge in [-0.3, -0.25) is 0 Å². The number of rotatable bonds is 4. The van der Waals surface area contributed by atoms with Crippen LogP contribution in [0.4, 0.5) is 5.69 Å². The van der Waals surface area contributed by atoms with E-state index in [-0.39, 0.29) is 0 Å². The topological polar surface area (TPSA) is 26.0 Å². The fourth-order valence-corrected chi connectivity index (χ4v) is 4.01. The predicted octanol–water partition coefficient (Wildman–Crippen LogP) is 7.94. The minimum atomic E-state index is 0.783. The summed E-state index contributed by atoms with van der Waals surface area (Å²) >= 11 is 0. The zero-order chi connectivity index (χ0) is 21.0. The molecule has 0 heterocycles. The van der Waals surface area contributed by atoms with Crippen LogP contribution in [0.1, 0.15) is 0 Å². The lowest BCUT2D eigenvalue weighted by atomic mass is 9.92. The molecule has 0 aliphatic heterocycles. The van der Waals surface area contributed by atoms with E-state index in [0.717, 1.165) is 22.4 Å². The molecule has 0 aliphatic carbocycles. The molecule has 0 saturated heterocycles. The summed E-state index contributed by atoms with van der Waals surface area (Å²) < 4.78 is 0. The van der Waals surface area contributed by atoms with Gasteiger partial charge in [-0.15, -0.1) is 0 Å².